The van der Waals surface area contributed by atoms with E-state index in [1.165, 1.54) is 0 Å². The average molecular weight is 209 g/mol. The van der Waals surface area contributed by atoms with Crippen LogP contribution in [0, 0.1) is 0 Å². The minimum absolute atomic E-state index is 0. The molecule has 0 aliphatic rings. The van der Waals surface area contributed by atoms with E-state index in [2.05, 4.69) is 0 Å². The maximum Gasteiger partial charge on any atom is 1.00 e. The standard InChI is InChI=1S/C8H10O3S.Na/c9-12(10,11)7-6-8-4-2-1-3-5-8;/h1-5H,6-7H2,(H,9,10,11);/q;+1. The van der Waals surface area contributed by atoms with Crippen molar-refractivity contribution in [2.24, 2.45) is 0 Å². The Bertz CT molecular complexity index is 334. The van der Waals surface area contributed by atoms with Gasteiger partial charge in [0.25, 0.3) is 10.1 Å². The molecular weight excluding hydrogens is 199 g/mol. The van der Waals surface area contributed by atoms with Gasteiger partial charge in [0, 0.05) is 0 Å². The van der Waals surface area contributed by atoms with E-state index in [-0.39, 0.29) is 35.3 Å². The monoisotopic (exact) mass is 209 g/mol. The van der Waals surface area contributed by atoms with Crippen LogP contribution in [0.5, 0.6) is 0 Å². The van der Waals surface area contributed by atoms with Crippen molar-refractivity contribution in [2.75, 3.05) is 5.75 Å². The second kappa shape index (κ2) is 5.78. The van der Waals surface area contributed by atoms with Crippen LogP contribution in [0.3, 0.4) is 0 Å². The van der Waals surface area contributed by atoms with Gasteiger partial charge in [-0.3, -0.25) is 4.55 Å². The van der Waals surface area contributed by atoms with E-state index in [9.17, 15) is 8.42 Å². The zero-order valence-corrected chi connectivity index (χ0v) is 10.3. The third kappa shape index (κ3) is 6.23. The largest absolute Gasteiger partial charge is 1.00 e. The summed E-state index contributed by atoms with van der Waals surface area (Å²) in [5.41, 5.74) is 0.912. The van der Waals surface area contributed by atoms with Gasteiger partial charge in [-0.2, -0.15) is 8.42 Å². The Balaban J connectivity index is 0.00000144. The summed E-state index contributed by atoms with van der Waals surface area (Å²) >= 11 is 0. The predicted octanol–water partition coefficient (Wildman–Crippen LogP) is -1.88. The van der Waals surface area contributed by atoms with Gasteiger partial charge in [-0.25, -0.2) is 0 Å². The fourth-order valence-corrected chi connectivity index (χ4v) is 1.39. The predicted molar refractivity (Wildman–Crippen MR) is 46.6 cm³/mol. The van der Waals surface area contributed by atoms with Gasteiger partial charge in [0.15, 0.2) is 0 Å². The molecule has 1 rings (SSSR count). The topological polar surface area (TPSA) is 54.4 Å². The number of hydrogen-bond donors (Lipinski definition) is 1. The van der Waals surface area contributed by atoms with Gasteiger partial charge in [-0.05, 0) is 12.0 Å². The van der Waals surface area contributed by atoms with Crippen molar-refractivity contribution in [3.8, 4) is 0 Å². The van der Waals surface area contributed by atoms with Gasteiger partial charge in [0.1, 0.15) is 0 Å². The third-order valence-corrected chi connectivity index (χ3v) is 2.21. The van der Waals surface area contributed by atoms with Gasteiger partial charge in [-0.15, -0.1) is 0 Å². The molecule has 0 unspecified atom stereocenters. The van der Waals surface area contributed by atoms with E-state index in [0.717, 1.165) is 5.56 Å². The van der Waals surface area contributed by atoms with Crippen molar-refractivity contribution in [1.29, 1.82) is 0 Å². The smallest absolute Gasteiger partial charge is 0.286 e. The molecule has 1 aromatic carbocycles. The van der Waals surface area contributed by atoms with Crippen LogP contribution in [0.1, 0.15) is 5.56 Å². The van der Waals surface area contributed by atoms with Crippen LogP contribution in [-0.2, 0) is 16.5 Å². The molecule has 0 fully saturated rings. The molecular formula is C8H10NaO3S+. The Morgan fingerprint density at radius 2 is 1.69 bits per heavy atom. The molecule has 0 saturated heterocycles. The van der Waals surface area contributed by atoms with Crippen LogP contribution in [-0.4, -0.2) is 18.7 Å². The van der Waals surface area contributed by atoms with Crippen LogP contribution >= 0.6 is 0 Å². The molecule has 0 spiro atoms. The van der Waals surface area contributed by atoms with Crippen LogP contribution < -0.4 is 29.6 Å². The second-order valence-corrected chi connectivity index (χ2v) is 4.09. The van der Waals surface area contributed by atoms with E-state index in [1.807, 2.05) is 30.3 Å². The van der Waals surface area contributed by atoms with Gasteiger partial charge in [0.05, 0.1) is 5.75 Å². The van der Waals surface area contributed by atoms with Crippen LogP contribution in [0.4, 0.5) is 0 Å². The van der Waals surface area contributed by atoms with E-state index in [0.29, 0.717) is 6.42 Å². The van der Waals surface area contributed by atoms with Gasteiger partial charge < -0.3 is 0 Å². The first-order valence-electron chi connectivity index (χ1n) is 3.57. The summed E-state index contributed by atoms with van der Waals surface area (Å²) in [6.45, 7) is 0. The van der Waals surface area contributed by atoms with E-state index in [1.54, 1.807) is 0 Å². The average Bonchev–Trinajstić information content (AvgIpc) is 2.02. The van der Waals surface area contributed by atoms with E-state index >= 15 is 0 Å². The Morgan fingerprint density at radius 1 is 1.15 bits per heavy atom. The molecule has 0 heterocycles. The molecule has 0 bridgehead atoms. The Kier molecular flexibility index (Phi) is 5.83. The quantitative estimate of drug-likeness (QED) is 0.468. The zero-order valence-electron chi connectivity index (χ0n) is 7.47. The molecule has 0 atom stereocenters. The molecule has 13 heavy (non-hydrogen) atoms. The molecule has 0 saturated carbocycles. The number of aryl methyl sites for hydroxylation is 1. The van der Waals surface area contributed by atoms with Gasteiger partial charge in [-0.1, -0.05) is 30.3 Å². The number of benzene rings is 1. The van der Waals surface area contributed by atoms with Crippen LogP contribution in [0.25, 0.3) is 0 Å². The first-order chi connectivity index (χ1) is 5.58. The first kappa shape index (κ1) is 13.1. The Labute approximate surface area is 100 Å². The van der Waals surface area contributed by atoms with Gasteiger partial charge >= 0.3 is 29.6 Å². The maximum absolute atomic E-state index is 10.4. The molecule has 66 valence electrons. The number of hydrogen-bond acceptors (Lipinski definition) is 2. The first-order valence-corrected chi connectivity index (χ1v) is 5.18. The van der Waals surface area contributed by atoms with Crippen molar-refractivity contribution in [3.05, 3.63) is 35.9 Å². The minimum atomic E-state index is -3.82. The van der Waals surface area contributed by atoms with Crippen molar-refractivity contribution in [2.45, 2.75) is 6.42 Å². The molecule has 1 aromatic rings. The SMILES string of the molecule is O=S(=O)(O)CCc1ccccc1.[Na+]. The zero-order chi connectivity index (χ0) is 9.03. The molecule has 5 heteroatoms. The Hall–Kier alpha value is 0.130. The van der Waals surface area contributed by atoms with Crippen LogP contribution in [0.2, 0.25) is 0 Å². The Morgan fingerprint density at radius 3 is 2.15 bits per heavy atom. The summed E-state index contributed by atoms with van der Waals surface area (Å²) in [4.78, 5) is 0. The van der Waals surface area contributed by atoms with Crippen molar-refractivity contribution in [1.82, 2.24) is 0 Å². The molecule has 0 aliphatic heterocycles. The van der Waals surface area contributed by atoms with Gasteiger partial charge in [0.2, 0.25) is 0 Å². The van der Waals surface area contributed by atoms with E-state index < -0.39 is 10.1 Å². The summed E-state index contributed by atoms with van der Waals surface area (Å²) in [6.07, 6.45) is 0.361. The summed E-state index contributed by atoms with van der Waals surface area (Å²) in [7, 11) is -3.82. The molecule has 3 nitrogen and oxygen atoms in total. The minimum Gasteiger partial charge on any atom is -0.286 e. The molecule has 0 radical (unpaired) electrons. The third-order valence-electron chi connectivity index (χ3n) is 1.49. The fraction of sp³-hybridized carbons (Fsp3) is 0.250. The molecule has 0 amide bonds. The summed E-state index contributed by atoms with van der Waals surface area (Å²) in [6, 6.07) is 9.17. The van der Waals surface area contributed by atoms with Crippen LogP contribution in [0.15, 0.2) is 30.3 Å². The van der Waals surface area contributed by atoms with Crippen molar-refractivity contribution >= 4 is 10.1 Å². The summed E-state index contributed by atoms with van der Waals surface area (Å²) < 4.78 is 29.2. The second-order valence-electron chi connectivity index (χ2n) is 2.52. The normalized spacial score (nSPS) is 10.5. The van der Waals surface area contributed by atoms with E-state index in [4.69, 9.17) is 4.55 Å². The van der Waals surface area contributed by atoms with Crippen molar-refractivity contribution < 1.29 is 42.5 Å². The molecule has 0 aliphatic carbocycles. The fourth-order valence-electron chi connectivity index (χ4n) is 0.892. The number of rotatable bonds is 3. The maximum atomic E-state index is 10.4. The summed E-state index contributed by atoms with van der Waals surface area (Å²) in [5.74, 6) is -0.211. The summed E-state index contributed by atoms with van der Waals surface area (Å²) in [5, 5.41) is 0. The molecule has 1 N–H and O–H groups in total. The molecule has 0 aromatic heterocycles. The van der Waals surface area contributed by atoms with Crippen molar-refractivity contribution in [3.63, 3.8) is 0 Å².